The smallest absolute Gasteiger partial charge is 0.252 e. The van der Waals surface area contributed by atoms with Gasteiger partial charge in [0.15, 0.2) is 0 Å². The Morgan fingerprint density at radius 2 is 1.63 bits per heavy atom. The van der Waals surface area contributed by atoms with Crippen molar-refractivity contribution in [1.29, 1.82) is 0 Å². The number of anilines is 1. The Bertz CT molecular complexity index is 1260. The van der Waals surface area contributed by atoms with Crippen LogP contribution in [0.25, 0.3) is 5.69 Å². The van der Waals surface area contributed by atoms with Crippen molar-refractivity contribution in [2.75, 3.05) is 5.01 Å². The van der Waals surface area contributed by atoms with E-state index in [4.69, 9.17) is 28.3 Å². The van der Waals surface area contributed by atoms with Crippen molar-refractivity contribution in [3.05, 3.63) is 105 Å². The van der Waals surface area contributed by atoms with Gasteiger partial charge >= 0.3 is 0 Å². The van der Waals surface area contributed by atoms with Crippen LogP contribution < -0.4 is 5.01 Å². The first kappa shape index (κ1) is 18.9. The SMILES string of the molecule is Cc1nnc2n1-c1ccccc1C(c1ccc(Cl)cc1)=NN2Cc1cccc(Cl)c1. The van der Waals surface area contributed by atoms with Gasteiger partial charge in [-0.2, -0.15) is 5.10 Å². The summed E-state index contributed by atoms with van der Waals surface area (Å²) in [5, 5.41) is 17.0. The van der Waals surface area contributed by atoms with E-state index in [2.05, 4.69) is 22.3 Å². The van der Waals surface area contributed by atoms with Crippen molar-refractivity contribution in [3.63, 3.8) is 0 Å². The van der Waals surface area contributed by atoms with E-state index < -0.39 is 0 Å². The molecule has 1 aromatic heterocycles. The second kappa shape index (κ2) is 7.59. The maximum atomic E-state index is 6.21. The summed E-state index contributed by atoms with van der Waals surface area (Å²) in [5.41, 5.74) is 4.82. The molecule has 148 valence electrons. The zero-order valence-electron chi connectivity index (χ0n) is 16.1. The minimum absolute atomic E-state index is 0.504. The highest BCUT2D eigenvalue weighted by molar-refractivity contribution is 6.31. The number of para-hydroxylation sites is 1. The summed E-state index contributed by atoms with van der Waals surface area (Å²) in [5.74, 6) is 1.45. The molecule has 0 N–H and O–H groups in total. The normalized spacial score (nSPS) is 12.8. The average molecular weight is 434 g/mol. The molecule has 5 rings (SSSR count). The molecule has 0 bridgehead atoms. The number of nitrogens with zero attached hydrogens (tertiary/aromatic N) is 5. The first-order chi connectivity index (χ1) is 14.6. The second-order valence-electron chi connectivity index (χ2n) is 7.04. The lowest BCUT2D eigenvalue weighted by Gasteiger charge is -2.18. The summed E-state index contributed by atoms with van der Waals surface area (Å²) >= 11 is 12.3. The standard InChI is InChI=1S/C23H17Cl2N5/c1-15-26-27-23-29(14-16-5-4-6-19(25)13-16)28-22(17-9-11-18(24)12-10-17)20-7-2-3-8-21(20)30(15)23/h2-13H,14H2,1H3. The Balaban J connectivity index is 1.73. The highest BCUT2D eigenvalue weighted by Gasteiger charge is 2.26. The third kappa shape index (κ3) is 3.36. The quantitative estimate of drug-likeness (QED) is 0.418. The van der Waals surface area contributed by atoms with Crippen LogP contribution in [0.15, 0.2) is 77.9 Å². The molecule has 0 unspecified atom stereocenters. The van der Waals surface area contributed by atoms with Gasteiger partial charge in [-0.05, 0) is 42.8 Å². The molecule has 2 heterocycles. The Morgan fingerprint density at radius 1 is 0.833 bits per heavy atom. The number of hydrogen-bond donors (Lipinski definition) is 0. The van der Waals surface area contributed by atoms with Crippen LogP contribution in [-0.2, 0) is 6.54 Å². The van der Waals surface area contributed by atoms with E-state index in [0.29, 0.717) is 22.5 Å². The van der Waals surface area contributed by atoms with E-state index in [1.54, 1.807) is 0 Å². The molecular formula is C23H17Cl2N5. The van der Waals surface area contributed by atoms with Crippen LogP contribution in [0.4, 0.5) is 5.95 Å². The molecule has 0 saturated carbocycles. The van der Waals surface area contributed by atoms with Crippen molar-refractivity contribution >= 4 is 34.9 Å². The van der Waals surface area contributed by atoms with E-state index >= 15 is 0 Å². The van der Waals surface area contributed by atoms with Gasteiger partial charge in [-0.25, -0.2) is 5.01 Å². The monoisotopic (exact) mass is 433 g/mol. The van der Waals surface area contributed by atoms with Gasteiger partial charge in [0.25, 0.3) is 5.95 Å². The molecule has 0 fully saturated rings. The minimum Gasteiger partial charge on any atom is -0.263 e. The maximum Gasteiger partial charge on any atom is 0.252 e. The maximum absolute atomic E-state index is 6.21. The highest BCUT2D eigenvalue weighted by atomic mass is 35.5. The second-order valence-corrected chi connectivity index (χ2v) is 7.92. The summed E-state index contributed by atoms with van der Waals surface area (Å²) in [6.45, 7) is 2.45. The average Bonchev–Trinajstić information content (AvgIpc) is 3.07. The lowest BCUT2D eigenvalue weighted by molar-refractivity contribution is 0.796. The van der Waals surface area contributed by atoms with Gasteiger partial charge in [0.1, 0.15) is 11.5 Å². The summed E-state index contributed by atoms with van der Waals surface area (Å²) in [6.07, 6.45) is 0. The lowest BCUT2D eigenvalue weighted by atomic mass is 10.0. The molecule has 0 radical (unpaired) electrons. The number of hydrogen-bond acceptors (Lipinski definition) is 4. The predicted molar refractivity (Wildman–Crippen MR) is 121 cm³/mol. The van der Waals surface area contributed by atoms with Gasteiger partial charge in [0.2, 0.25) is 0 Å². The van der Waals surface area contributed by atoms with E-state index in [1.165, 1.54) is 0 Å². The van der Waals surface area contributed by atoms with Gasteiger partial charge in [0.05, 0.1) is 12.2 Å². The number of hydrazone groups is 1. The molecule has 7 heteroatoms. The Hall–Kier alpha value is -3.15. The van der Waals surface area contributed by atoms with Crippen LogP contribution in [0.5, 0.6) is 0 Å². The van der Waals surface area contributed by atoms with Crippen molar-refractivity contribution in [1.82, 2.24) is 14.8 Å². The summed E-state index contributed by atoms with van der Waals surface area (Å²) in [6, 6.07) is 23.6. The molecule has 1 aliphatic heterocycles. The van der Waals surface area contributed by atoms with E-state index in [0.717, 1.165) is 33.9 Å². The molecule has 4 aromatic rings. The zero-order valence-corrected chi connectivity index (χ0v) is 17.6. The highest BCUT2D eigenvalue weighted by Crippen LogP contribution is 2.31. The molecule has 0 amide bonds. The summed E-state index contributed by atoms with van der Waals surface area (Å²) in [4.78, 5) is 0. The number of rotatable bonds is 3. The molecule has 0 saturated heterocycles. The van der Waals surface area contributed by atoms with Crippen LogP contribution in [0, 0.1) is 6.92 Å². The van der Waals surface area contributed by atoms with Crippen LogP contribution in [-0.4, -0.2) is 20.5 Å². The Kier molecular flexibility index (Phi) is 4.77. The van der Waals surface area contributed by atoms with Crippen molar-refractivity contribution in [2.45, 2.75) is 13.5 Å². The Labute approximate surface area is 184 Å². The molecule has 0 atom stereocenters. The first-order valence-corrected chi connectivity index (χ1v) is 10.2. The van der Waals surface area contributed by atoms with Gasteiger partial charge < -0.3 is 0 Å². The van der Waals surface area contributed by atoms with E-state index in [9.17, 15) is 0 Å². The fourth-order valence-corrected chi connectivity index (χ4v) is 3.96. The fourth-order valence-electron chi connectivity index (χ4n) is 3.62. The minimum atomic E-state index is 0.504. The number of halogens is 2. The predicted octanol–water partition coefficient (Wildman–Crippen LogP) is 5.66. The molecule has 1 aliphatic rings. The Morgan fingerprint density at radius 3 is 2.43 bits per heavy atom. The summed E-state index contributed by atoms with van der Waals surface area (Å²) < 4.78 is 2.03. The third-order valence-corrected chi connectivity index (χ3v) is 5.49. The number of fused-ring (bicyclic) bond motifs is 3. The number of aromatic nitrogens is 3. The fraction of sp³-hybridized carbons (Fsp3) is 0.0870. The zero-order chi connectivity index (χ0) is 20.7. The van der Waals surface area contributed by atoms with Crippen LogP contribution in [0.3, 0.4) is 0 Å². The molecular weight excluding hydrogens is 417 g/mol. The third-order valence-electron chi connectivity index (χ3n) is 5.00. The van der Waals surface area contributed by atoms with Crippen molar-refractivity contribution in [3.8, 4) is 5.69 Å². The van der Waals surface area contributed by atoms with Gasteiger partial charge in [-0.3, -0.25) is 4.57 Å². The molecule has 30 heavy (non-hydrogen) atoms. The van der Waals surface area contributed by atoms with Crippen molar-refractivity contribution in [2.24, 2.45) is 5.10 Å². The molecule has 3 aromatic carbocycles. The van der Waals surface area contributed by atoms with Crippen molar-refractivity contribution < 1.29 is 0 Å². The van der Waals surface area contributed by atoms with E-state index in [1.807, 2.05) is 77.2 Å². The molecule has 0 spiro atoms. The van der Waals surface area contributed by atoms with E-state index in [-0.39, 0.29) is 0 Å². The number of aryl methyl sites for hydroxylation is 1. The van der Waals surface area contributed by atoms with Crippen LogP contribution in [0.2, 0.25) is 10.0 Å². The molecule has 5 nitrogen and oxygen atoms in total. The topological polar surface area (TPSA) is 46.3 Å². The van der Waals surface area contributed by atoms with Gasteiger partial charge in [-0.1, -0.05) is 65.7 Å². The largest absolute Gasteiger partial charge is 0.263 e. The lowest BCUT2D eigenvalue weighted by Crippen LogP contribution is -2.20. The van der Waals surface area contributed by atoms with Gasteiger partial charge in [-0.15, -0.1) is 10.2 Å². The van der Waals surface area contributed by atoms with Crippen LogP contribution in [0.1, 0.15) is 22.5 Å². The van der Waals surface area contributed by atoms with Gasteiger partial charge in [0, 0.05) is 21.2 Å². The molecule has 0 aliphatic carbocycles. The first-order valence-electron chi connectivity index (χ1n) is 9.48. The summed E-state index contributed by atoms with van der Waals surface area (Å²) in [7, 11) is 0. The number of benzene rings is 3. The van der Waals surface area contributed by atoms with Crippen LogP contribution >= 0.6 is 23.2 Å².